The van der Waals surface area contributed by atoms with Crippen molar-refractivity contribution in [1.29, 1.82) is 0 Å². The highest BCUT2D eigenvalue weighted by atomic mass is 79.9. The van der Waals surface area contributed by atoms with Crippen molar-refractivity contribution in [3.8, 4) is 5.75 Å². The van der Waals surface area contributed by atoms with Crippen LogP contribution in [0.1, 0.15) is 32.8 Å². The molecule has 0 aliphatic carbocycles. The number of hydrogen-bond acceptors (Lipinski definition) is 4. The largest absolute Gasteiger partial charge is 0.479 e. The highest BCUT2D eigenvalue weighted by Crippen LogP contribution is 2.28. The highest BCUT2D eigenvalue weighted by molar-refractivity contribution is 9.10. The second-order valence-corrected chi connectivity index (χ2v) is 9.07. The molecule has 0 aliphatic rings. The monoisotopic (exact) mass is 527 g/mol. The Morgan fingerprint density at radius 2 is 1.77 bits per heavy atom. The van der Waals surface area contributed by atoms with Gasteiger partial charge in [0.2, 0.25) is 0 Å². The van der Waals surface area contributed by atoms with Crippen LogP contribution in [-0.4, -0.2) is 30.2 Å². The first-order valence-electron chi connectivity index (χ1n) is 9.66. The van der Waals surface area contributed by atoms with Crippen molar-refractivity contribution in [2.45, 2.75) is 39.3 Å². The molecule has 6 nitrogen and oxygen atoms in total. The molecule has 2 rings (SSSR count). The molecule has 2 amide bonds. The minimum atomic E-state index is -0.868. The predicted octanol–water partition coefficient (Wildman–Crippen LogP) is 5.20. The number of nitrogens with zero attached hydrogens (tertiary/aromatic N) is 1. The van der Waals surface area contributed by atoms with Crippen molar-refractivity contribution in [2.75, 3.05) is 0 Å². The normalized spacial score (nSPS) is 13.1. The Bertz CT molecular complexity index is 936. The third kappa shape index (κ3) is 8.51. The van der Waals surface area contributed by atoms with Crippen LogP contribution in [0.5, 0.6) is 5.75 Å². The van der Waals surface area contributed by atoms with Crippen molar-refractivity contribution in [3.05, 3.63) is 62.5 Å². The fourth-order valence-electron chi connectivity index (χ4n) is 2.60. The van der Waals surface area contributed by atoms with Gasteiger partial charge in [-0.05, 0) is 55.2 Å². The maximum atomic E-state index is 12.6. The van der Waals surface area contributed by atoms with E-state index in [9.17, 15) is 9.59 Å². The van der Waals surface area contributed by atoms with Crippen LogP contribution in [-0.2, 0) is 9.59 Å². The Morgan fingerprint density at radius 1 is 1.10 bits per heavy atom. The van der Waals surface area contributed by atoms with Gasteiger partial charge in [0.25, 0.3) is 11.8 Å². The molecular formula is C22H24BrCl2N3O3. The number of halogens is 3. The first-order chi connectivity index (χ1) is 14.7. The molecule has 166 valence electrons. The van der Waals surface area contributed by atoms with E-state index in [1.54, 1.807) is 19.1 Å². The second-order valence-electron chi connectivity index (χ2n) is 7.31. The minimum Gasteiger partial charge on any atom is -0.479 e. The molecule has 9 heteroatoms. The van der Waals surface area contributed by atoms with Crippen molar-refractivity contribution in [1.82, 2.24) is 10.7 Å². The summed E-state index contributed by atoms with van der Waals surface area (Å²) in [5.74, 6) is -0.345. The molecule has 2 aromatic rings. The van der Waals surface area contributed by atoms with Crippen LogP contribution in [0.3, 0.4) is 0 Å². The van der Waals surface area contributed by atoms with Crippen LogP contribution in [0.2, 0.25) is 10.0 Å². The summed E-state index contributed by atoms with van der Waals surface area (Å²) < 4.78 is 6.58. The summed E-state index contributed by atoms with van der Waals surface area (Å²) in [6.07, 6.45) is 1.11. The van der Waals surface area contributed by atoms with E-state index in [0.29, 0.717) is 22.2 Å². The molecular weight excluding hydrogens is 505 g/mol. The molecule has 2 aromatic carbocycles. The standard InChI is InChI=1S/C22H24BrCl2N3O3/c1-13(2)10-19(22(30)28-26-12-15-4-6-16(23)7-5-15)27-21(29)14(3)31-20-9-8-17(24)11-18(20)25/h4-9,11-14,19H,10H2,1-3H3,(H,27,29)(H,28,30)/b26-12-/t14-,19+/m1/s1. The van der Waals surface area contributed by atoms with Crippen molar-refractivity contribution in [2.24, 2.45) is 11.0 Å². The number of nitrogens with one attached hydrogen (secondary N) is 2. The highest BCUT2D eigenvalue weighted by Gasteiger charge is 2.25. The zero-order chi connectivity index (χ0) is 23.0. The maximum Gasteiger partial charge on any atom is 0.262 e. The number of benzene rings is 2. The van der Waals surface area contributed by atoms with Gasteiger partial charge in [-0.15, -0.1) is 0 Å². The first kappa shape index (κ1) is 25.2. The van der Waals surface area contributed by atoms with E-state index in [1.165, 1.54) is 12.3 Å². The third-order valence-corrected chi connectivity index (χ3v) is 5.22. The molecule has 0 aromatic heterocycles. The molecule has 2 N–H and O–H groups in total. The van der Waals surface area contributed by atoms with Gasteiger partial charge in [-0.2, -0.15) is 5.10 Å². The lowest BCUT2D eigenvalue weighted by Crippen LogP contribution is -2.49. The number of ether oxygens (including phenoxy) is 1. The van der Waals surface area contributed by atoms with Gasteiger partial charge in [0.15, 0.2) is 6.10 Å². The molecule has 0 bridgehead atoms. The fraction of sp³-hybridized carbons (Fsp3) is 0.318. The summed E-state index contributed by atoms with van der Waals surface area (Å²) in [5.41, 5.74) is 3.32. The SMILES string of the molecule is CC(C)C[C@H](NC(=O)[C@@H](C)Oc1ccc(Cl)cc1Cl)C(=O)N/N=C\c1ccc(Br)cc1. The second kappa shape index (κ2) is 12.1. The summed E-state index contributed by atoms with van der Waals surface area (Å²) in [6, 6.07) is 11.4. The Kier molecular flexibility index (Phi) is 9.81. The summed E-state index contributed by atoms with van der Waals surface area (Å²) >= 11 is 15.3. The minimum absolute atomic E-state index is 0.174. The number of rotatable bonds is 9. The van der Waals surface area contributed by atoms with E-state index < -0.39 is 24.0 Å². The van der Waals surface area contributed by atoms with Gasteiger partial charge in [-0.3, -0.25) is 9.59 Å². The van der Waals surface area contributed by atoms with Gasteiger partial charge in [0.1, 0.15) is 11.8 Å². The van der Waals surface area contributed by atoms with Crippen LogP contribution in [0.25, 0.3) is 0 Å². The summed E-state index contributed by atoms with van der Waals surface area (Å²) in [7, 11) is 0. The molecule has 0 fully saturated rings. The average molecular weight is 529 g/mol. The van der Waals surface area contributed by atoms with Gasteiger partial charge in [-0.1, -0.05) is 65.1 Å². The molecule has 0 unspecified atom stereocenters. The van der Waals surface area contributed by atoms with E-state index in [1.807, 2.05) is 38.1 Å². The molecule has 0 saturated carbocycles. The summed E-state index contributed by atoms with van der Waals surface area (Å²) in [6.45, 7) is 5.51. The fourth-order valence-corrected chi connectivity index (χ4v) is 3.32. The first-order valence-corrected chi connectivity index (χ1v) is 11.2. The molecule has 2 atom stereocenters. The zero-order valence-electron chi connectivity index (χ0n) is 17.4. The Morgan fingerprint density at radius 3 is 2.39 bits per heavy atom. The molecule has 0 saturated heterocycles. The van der Waals surface area contributed by atoms with E-state index in [4.69, 9.17) is 27.9 Å². The Labute approximate surface area is 200 Å². The lowest BCUT2D eigenvalue weighted by molar-refractivity contribution is -0.132. The quantitative estimate of drug-likeness (QED) is 0.346. The van der Waals surface area contributed by atoms with Crippen molar-refractivity contribution >= 4 is 57.2 Å². The number of carbonyl (C=O) groups excluding carboxylic acids is 2. The number of carbonyl (C=O) groups is 2. The Balaban J connectivity index is 1.99. The van der Waals surface area contributed by atoms with Crippen LogP contribution in [0.4, 0.5) is 0 Å². The van der Waals surface area contributed by atoms with Gasteiger partial charge in [0, 0.05) is 9.50 Å². The maximum absolute atomic E-state index is 12.6. The smallest absolute Gasteiger partial charge is 0.262 e. The molecule has 31 heavy (non-hydrogen) atoms. The number of hydrogen-bond donors (Lipinski definition) is 2. The van der Waals surface area contributed by atoms with Crippen LogP contribution >= 0.6 is 39.1 Å². The molecule has 0 heterocycles. The van der Waals surface area contributed by atoms with E-state index >= 15 is 0 Å². The topological polar surface area (TPSA) is 79.8 Å². The van der Waals surface area contributed by atoms with Crippen molar-refractivity contribution in [3.63, 3.8) is 0 Å². The number of amides is 2. The van der Waals surface area contributed by atoms with Gasteiger partial charge < -0.3 is 10.1 Å². The molecule has 0 aliphatic heterocycles. The number of hydrazone groups is 1. The summed E-state index contributed by atoms with van der Waals surface area (Å²) in [4.78, 5) is 25.2. The van der Waals surface area contributed by atoms with Gasteiger partial charge in [-0.25, -0.2) is 5.43 Å². The summed E-state index contributed by atoms with van der Waals surface area (Å²) in [5, 5.41) is 7.48. The predicted molar refractivity (Wildman–Crippen MR) is 128 cm³/mol. The Hall–Kier alpha value is -2.09. The van der Waals surface area contributed by atoms with E-state index in [-0.39, 0.29) is 5.92 Å². The van der Waals surface area contributed by atoms with Crippen LogP contribution in [0, 0.1) is 5.92 Å². The van der Waals surface area contributed by atoms with Crippen LogP contribution < -0.4 is 15.5 Å². The van der Waals surface area contributed by atoms with Gasteiger partial charge in [0.05, 0.1) is 11.2 Å². The molecule has 0 spiro atoms. The average Bonchev–Trinajstić information content (AvgIpc) is 2.70. The van der Waals surface area contributed by atoms with E-state index in [0.717, 1.165) is 10.0 Å². The lowest BCUT2D eigenvalue weighted by atomic mass is 10.0. The lowest BCUT2D eigenvalue weighted by Gasteiger charge is -2.22. The van der Waals surface area contributed by atoms with E-state index in [2.05, 4.69) is 31.8 Å². The van der Waals surface area contributed by atoms with Crippen molar-refractivity contribution < 1.29 is 14.3 Å². The van der Waals surface area contributed by atoms with Gasteiger partial charge >= 0.3 is 0 Å². The molecule has 0 radical (unpaired) electrons. The van der Waals surface area contributed by atoms with Crippen LogP contribution in [0.15, 0.2) is 52.0 Å². The third-order valence-electron chi connectivity index (χ3n) is 4.17. The zero-order valence-corrected chi connectivity index (χ0v) is 20.5.